The Morgan fingerprint density at radius 3 is 2.88 bits per heavy atom. The maximum absolute atomic E-state index is 12.6. The Morgan fingerprint density at radius 1 is 1.27 bits per heavy atom. The zero-order valence-electron chi connectivity index (χ0n) is 14.0. The molecule has 0 saturated carbocycles. The zero-order chi connectivity index (χ0) is 18.1. The summed E-state index contributed by atoms with van der Waals surface area (Å²) < 4.78 is 7.20. The van der Waals surface area contributed by atoms with Crippen molar-refractivity contribution in [1.82, 2.24) is 20.1 Å². The van der Waals surface area contributed by atoms with E-state index in [1.807, 2.05) is 19.1 Å². The number of carbonyl (C=O) groups is 2. The van der Waals surface area contributed by atoms with Gasteiger partial charge < -0.3 is 10.1 Å². The summed E-state index contributed by atoms with van der Waals surface area (Å²) in [5.74, 6) is 0.0995. The second-order valence-electron chi connectivity index (χ2n) is 6.04. The first-order valence-electron chi connectivity index (χ1n) is 8.16. The number of para-hydroxylation sites is 1. The molecule has 0 radical (unpaired) electrons. The fourth-order valence-corrected chi connectivity index (χ4v) is 2.96. The molecule has 1 aromatic heterocycles. The number of Topliss-reactive ketones (excluding diaryl/α,β-unsaturated/α-hetero) is 1. The number of nitrogens with one attached hydrogen (secondary N) is 1. The van der Waals surface area contributed by atoms with Crippen LogP contribution in [0.4, 0.5) is 0 Å². The van der Waals surface area contributed by atoms with Crippen molar-refractivity contribution in [3.63, 3.8) is 0 Å². The van der Waals surface area contributed by atoms with Crippen LogP contribution >= 0.6 is 0 Å². The Kier molecular flexibility index (Phi) is 3.96. The molecule has 1 atom stereocenters. The molecule has 2 heterocycles. The Bertz CT molecular complexity index is 982. The minimum Gasteiger partial charge on any atom is -0.490 e. The van der Waals surface area contributed by atoms with Crippen molar-refractivity contribution < 1.29 is 14.3 Å². The normalized spacial score (nSPS) is 15.9. The first-order chi connectivity index (χ1) is 12.6. The molecular weight excluding hydrogens is 332 g/mol. The molecule has 1 amide bonds. The fourth-order valence-electron chi connectivity index (χ4n) is 2.96. The Morgan fingerprint density at radius 2 is 2.12 bits per heavy atom. The molecule has 1 N–H and O–H groups in total. The zero-order valence-corrected chi connectivity index (χ0v) is 14.0. The van der Waals surface area contributed by atoms with E-state index in [0.29, 0.717) is 16.9 Å². The number of hydrogen-bond donors (Lipinski definition) is 1. The number of carbonyl (C=O) groups excluding carboxylic acids is 2. The number of rotatable bonds is 3. The molecule has 0 aliphatic carbocycles. The lowest BCUT2D eigenvalue weighted by Gasteiger charge is -2.25. The molecule has 0 saturated heterocycles. The molecule has 0 fully saturated rings. The minimum atomic E-state index is -0.702. The van der Waals surface area contributed by atoms with Gasteiger partial charge in [-0.2, -0.15) is 5.10 Å². The number of amides is 1. The van der Waals surface area contributed by atoms with Crippen LogP contribution in [0.3, 0.4) is 0 Å². The van der Waals surface area contributed by atoms with Crippen molar-refractivity contribution in [2.45, 2.75) is 13.0 Å². The van der Waals surface area contributed by atoms with E-state index >= 15 is 0 Å². The van der Waals surface area contributed by atoms with Gasteiger partial charge in [-0.15, -0.1) is 0 Å². The van der Waals surface area contributed by atoms with Crippen LogP contribution in [0.2, 0.25) is 0 Å². The van der Waals surface area contributed by atoms with Gasteiger partial charge in [-0.3, -0.25) is 9.59 Å². The number of nitrogens with zero attached hydrogens (tertiary/aromatic N) is 3. The lowest BCUT2D eigenvalue weighted by atomic mass is 10.00. The monoisotopic (exact) mass is 348 g/mol. The molecular formula is C19H16N4O3. The molecule has 26 heavy (non-hydrogen) atoms. The van der Waals surface area contributed by atoms with Crippen LogP contribution in [-0.4, -0.2) is 39.1 Å². The molecule has 4 rings (SSSR count). The molecule has 0 bridgehead atoms. The van der Waals surface area contributed by atoms with Crippen molar-refractivity contribution in [2.24, 2.45) is 0 Å². The van der Waals surface area contributed by atoms with E-state index in [4.69, 9.17) is 4.74 Å². The van der Waals surface area contributed by atoms with Gasteiger partial charge in [0.1, 0.15) is 31.1 Å². The van der Waals surface area contributed by atoms with Gasteiger partial charge in [0.2, 0.25) is 0 Å². The van der Waals surface area contributed by atoms with E-state index in [9.17, 15) is 9.59 Å². The quantitative estimate of drug-likeness (QED) is 0.782. The molecule has 3 aromatic rings. The van der Waals surface area contributed by atoms with Crippen molar-refractivity contribution in [3.05, 3.63) is 71.8 Å². The smallest absolute Gasteiger partial charge is 0.252 e. The van der Waals surface area contributed by atoms with Crippen LogP contribution in [0.5, 0.6) is 5.75 Å². The lowest BCUT2D eigenvalue weighted by Crippen LogP contribution is -2.47. The summed E-state index contributed by atoms with van der Waals surface area (Å²) in [5.41, 5.74) is 2.57. The van der Waals surface area contributed by atoms with Gasteiger partial charge in [0.25, 0.3) is 5.91 Å². The Hall–Kier alpha value is -3.48. The minimum absolute atomic E-state index is 0.123. The largest absolute Gasteiger partial charge is 0.490 e. The summed E-state index contributed by atoms with van der Waals surface area (Å²) >= 11 is 0. The maximum atomic E-state index is 12.6. The number of benzene rings is 2. The predicted molar refractivity (Wildman–Crippen MR) is 93.6 cm³/mol. The van der Waals surface area contributed by atoms with Crippen LogP contribution in [0.1, 0.15) is 26.3 Å². The van der Waals surface area contributed by atoms with Gasteiger partial charge in [-0.25, -0.2) is 9.67 Å². The molecule has 7 nitrogen and oxygen atoms in total. The van der Waals surface area contributed by atoms with Crippen LogP contribution in [0, 0.1) is 6.92 Å². The highest BCUT2D eigenvalue weighted by molar-refractivity contribution is 6.07. The highest BCUT2D eigenvalue weighted by Crippen LogP contribution is 2.24. The standard InChI is InChI=1S/C19H16N4O3/c1-12-8-13(23-11-20-10-21-23)6-7-14(12)19(25)22-16-9-26-17-5-3-2-4-15(17)18(16)24/h2-8,10-11,16H,9H2,1H3,(H,22,25). The van der Waals surface area contributed by atoms with Crippen molar-refractivity contribution in [2.75, 3.05) is 6.61 Å². The summed E-state index contributed by atoms with van der Waals surface area (Å²) in [6, 6.07) is 11.7. The molecule has 1 unspecified atom stereocenters. The summed E-state index contributed by atoms with van der Waals surface area (Å²) in [6.45, 7) is 1.96. The molecule has 130 valence electrons. The van der Waals surface area contributed by atoms with Crippen LogP contribution in [0.15, 0.2) is 55.1 Å². The topological polar surface area (TPSA) is 86.1 Å². The van der Waals surface area contributed by atoms with Gasteiger partial charge in [0.05, 0.1) is 11.3 Å². The van der Waals surface area contributed by atoms with Gasteiger partial charge in [0, 0.05) is 5.56 Å². The summed E-state index contributed by atoms with van der Waals surface area (Å²) in [5, 5.41) is 6.84. The number of aromatic nitrogens is 3. The molecule has 1 aliphatic rings. The third-order valence-corrected chi connectivity index (χ3v) is 4.32. The maximum Gasteiger partial charge on any atom is 0.252 e. The predicted octanol–water partition coefficient (Wildman–Crippen LogP) is 1.95. The van der Waals surface area contributed by atoms with Gasteiger partial charge in [0.15, 0.2) is 5.78 Å². The highest BCUT2D eigenvalue weighted by Gasteiger charge is 2.30. The van der Waals surface area contributed by atoms with Crippen LogP contribution < -0.4 is 10.1 Å². The van der Waals surface area contributed by atoms with Gasteiger partial charge in [-0.05, 0) is 42.8 Å². The average Bonchev–Trinajstić information content (AvgIpc) is 3.19. The highest BCUT2D eigenvalue weighted by atomic mass is 16.5. The van der Waals surface area contributed by atoms with Crippen molar-refractivity contribution in [3.8, 4) is 11.4 Å². The van der Waals surface area contributed by atoms with Gasteiger partial charge in [-0.1, -0.05) is 12.1 Å². The summed E-state index contributed by atoms with van der Waals surface area (Å²) in [7, 11) is 0. The second kappa shape index (κ2) is 6.44. The third-order valence-electron chi connectivity index (χ3n) is 4.32. The molecule has 7 heteroatoms. The first-order valence-corrected chi connectivity index (χ1v) is 8.16. The van der Waals surface area contributed by atoms with Crippen LogP contribution in [-0.2, 0) is 0 Å². The van der Waals surface area contributed by atoms with E-state index in [0.717, 1.165) is 11.3 Å². The Labute approximate surface area is 149 Å². The van der Waals surface area contributed by atoms with E-state index in [1.165, 1.54) is 6.33 Å². The molecule has 2 aromatic carbocycles. The fraction of sp³-hybridized carbons (Fsp3) is 0.158. The second-order valence-corrected chi connectivity index (χ2v) is 6.04. The average molecular weight is 348 g/mol. The number of aryl methyl sites for hydroxylation is 1. The summed E-state index contributed by atoms with van der Waals surface area (Å²) in [6.07, 6.45) is 3.03. The van der Waals surface area contributed by atoms with E-state index in [1.54, 1.807) is 41.3 Å². The number of ether oxygens (including phenoxy) is 1. The van der Waals surface area contributed by atoms with E-state index < -0.39 is 6.04 Å². The first kappa shape index (κ1) is 16.0. The SMILES string of the molecule is Cc1cc(-n2cncn2)ccc1C(=O)NC1COc2ccccc2C1=O. The number of hydrogen-bond acceptors (Lipinski definition) is 5. The molecule has 0 spiro atoms. The Balaban J connectivity index is 1.53. The van der Waals surface area contributed by atoms with E-state index in [-0.39, 0.29) is 18.3 Å². The van der Waals surface area contributed by atoms with Crippen LogP contribution in [0.25, 0.3) is 5.69 Å². The van der Waals surface area contributed by atoms with Crippen molar-refractivity contribution in [1.29, 1.82) is 0 Å². The number of fused-ring (bicyclic) bond motifs is 1. The summed E-state index contributed by atoms with van der Waals surface area (Å²) in [4.78, 5) is 29.1. The lowest BCUT2D eigenvalue weighted by molar-refractivity contribution is 0.0795. The molecule has 1 aliphatic heterocycles. The third kappa shape index (κ3) is 2.83. The van der Waals surface area contributed by atoms with Gasteiger partial charge >= 0.3 is 0 Å². The van der Waals surface area contributed by atoms with E-state index in [2.05, 4.69) is 15.4 Å². The van der Waals surface area contributed by atoms with Crippen molar-refractivity contribution >= 4 is 11.7 Å². The number of ketones is 1.